The highest BCUT2D eigenvalue weighted by Gasteiger charge is 1.95. The zero-order chi connectivity index (χ0) is 15.7. The standard InChI is InChI=1S/C21H36O/c1-2-3-4-5-6-7-8-9-10-11-12-13-14-15-16-18-21-19-17-20-22-21/h8-9,17,19-20H,2-7,10-16,18H2,1H3/b9-8+. The van der Waals surface area contributed by atoms with E-state index in [0.717, 1.165) is 12.2 Å². The molecule has 0 unspecified atom stereocenters. The van der Waals surface area contributed by atoms with Gasteiger partial charge in [-0.2, -0.15) is 0 Å². The van der Waals surface area contributed by atoms with Crippen LogP contribution in [0.2, 0.25) is 0 Å². The van der Waals surface area contributed by atoms with E-state index in [0.29, 0.717) is 0 Å². The molecule has 0 amide bonds. The van der Waals surface area contributed by atoms with Crippen LogP contribution in [0, 0.1) is 0 Å². The molecule has 0 N–H and O–H groups in total. The van der Waals surface area contributed by atoms with Crippen LogP contribution in [0.3, 0.4) is 0 Å². The SMILES string of the molecule is CCCCCCC/C=C/CCCCCCCCc1ccco1. The predicted octanol–water partition coefficient (Wildman–Crippen LogP) is 7.47. The first kappa shape index (κ1) is 19.1. The molecule has 0 saturated carbocycles. The lowest BCUT2D eigenvalue weighted by atomic mass is 10.1. The number of hydrogen-bond donors (Lipinski definition) is 0. The second-order valence-electron chi connectivity index (χ2n) is 6.41. The fourth-order valence-electron chi connectivity index (χ4n) is 2.82. The van der Waals surface area contributed by atoms with Gasteiger partial charge in [-0.15, -0.1) is 0 Å². The molecule has 0 spiro atoms. The molecule has 1 aromatic heterocycles. The highest BCUT2D eigenvalue weighted by atomic mass is 16.3. The van der Waals surface area contributed by atoms with Crippen LogP contribution in [0.5, 0.6) is 0 Å². The average molecular weight is 305 g/mol. The summed E-state index contributed by atoms with van der Waals surface area (Å²) in [6.45, 7) is 2.28. The van der Waals surface area contributed by atoms with Crippen LogP contribution in [-0.2, 0) is 6.42 Å². The van der Waals surface area contributed by atoms with Crippen molar-refractivity contribution in [3.8, 4) is 0 Å². The molecule has 0 bridgehead atoms. The molecule has 0 aliphatic heterocycles. The molecule has 1 rings (SSSR count). The van der Waals surface area contributed by atoms with Gasteiger partial charge in [-0.1, -0.05) is 70.4 Å². The van der Waals surface area contributed by atoms with Crippen LogP contribution >= 0.6 is 0 Å². The van der Waals surface area contributed by atoms with E-state index in [2.05, 4.69) is 25.1 Å². The highest BCUT2D eigenvalue weighted by molar-refractivity contribution is 4.97. The minimum Gasteiger partial charge on any atom is -0.469 e. The van der Waals surface area contributed by atoms with E-state index in [4.69, 9.17) is 4.42 Å². The molecule has 1 heteroatoms. The Hall–Kier alpha value is -0.980. The molecule has 1 heterocycles. The van der Waals surface area contributed by atoms with E-state index < -0.39 is 0 Å². The van der Waals surface area contributed by atoms with Gasteiger partial charge < -0.3 is 4.42 Å². The maximum Gasteiger partial charge on any atom is 0.103 e. The van der Waals surface area contributed by atoms with Crippen molar-refractivity contribution < 1.29 is 4.42 Å². The van der Waals surface area contributed by atoms with Gasteiger partial charge in [-0.05, 0) is 44.2 Å². The molecule has 0 saturated heterocycles. The molecule has 1 nitrogen and oxygen atoms in total. The smallest absolute Gasteiger partial charge is 0.103 e. The van der Waals surface area contributed by atoms with E-state index in [1.807, 2.05) is 6.07 Å². The maximum absolute atomic E-state index is 5.35. The van der Waals surface area contributed by atoms with Gasteiger partial charge in [0.2, 0.25) is 0 Å². The molecule has 0 fully saturated rings. The Balaban J connectivity index is 1.74. The fourth-order valence-corrected chi connectivity index (χ4v) is 2.82. The van der Waals surface area contributed by atoms with Crippen molar-refractivity contribution in [1.82, 2.24) is 0 Å². The molecule has 0 aromatic carbocycles. The second kappa shape index (κ2) is 14.9. The van der Waals surface area contributed by atoms with Gasteiger partial charge in [0.05, 0.1) is 6.26 Å². The Morgan fingerprint density at radius 2 is 1.36 bits per heavy atom. The molecule has 126 valence electrons. The Morgan fingerprint density at radius 1 is 0.773 bits per heavy atom. The minimum atomic E-state index is 1.11. The number of hydrogen-bond acceptors (Lipinski definition) is 1. The van der Waals surface area contributed by atoms with Crippen molar-refractivity contribution in [2.75, 3.05) is 0 Å². The third-order valence-corrected chi connectivity index (χ3v) is 4.27. The first-order chi connectivity index (χ1) is 10.9. The van der Waals surface area contributed by atoms with Gasteiger partial charge in [0.15, 0.2) is 0 Å². The Morgan fingerprint density at radius 3 is 1.95 bits per heavy atom. The zero-order valence-corrected chi connectivity index (χ0v) is 14.7. The molecule has 0 aliphatic rings. The summed E-state index contributed by atoms with van der Waals surface area (Å²) < 4.78 is 5.35. The van der Waals surface area contributed by atoms with Crippen molar-refractivity contribution in [3.05, 3.63) is 36.3 Å². The summed E-state index contributed by atoms with van der Waals surface area (Å²) in [5.41, 5.74) is 0. The lowest BCUT2D eigenvalue weighted by Gasteiger charge is -2.00. The van der Waals surface area contributed by atoms with Gasteiger partial charge >= 0.3 is 0 Å². The van der Waals surface area contributed by atoms with Crippen LogP contribution in [0.4, 0.5) is 0 Å². The third kappa shape index (κ3) is 11.7. The molecular weight excluding hydrogens is 268 g/mol. The van der Waals surface area contributed by atoms with Crippen LogP contribution in [0.25, 0.3) is 0 Å². The summed E-state index contributed by atoms with van der Waals surface area (Å²) in [6.07, 6.45) is 25.3. The van der Waals surface area contributed by atoms with Crippen molar-refractivity contribution in [2.24, 2.45) is 0 Å². The fraction of sp³-hybridized carbons (Fsp3) is 0.714. The van der Waals surface area contributed by atoms with E-state index in [-0.39, 0.29) is 0 Å². The monoisotopic (exact) mass is 304 g/mol. The topological polar surface area (TPSA) is 13.1 Å². The largest absolute Gasteiger partial charge is 0.469 e. The van der Waals surface area contributed by atoms with E-state index in [1.165, 1.54) is 83.5 Å². The Kier molecular flexibility index (Phi) is 12.9. The van der Waals surface area contributed by atoms with Crippen LogP contribution in [0.1, 0.15) is 96.2 Å². The number of rotatable bonds is 15. The Labute approximate surface area is 138 Å². The van der Waals surface area contributed by atoms with Gasteiger partial charge in [-0.25, -0.2) is 0 Å². The number of allylic oxidation sites excluding steroid dienone is 2. The predicted molar refractivity (Wildman–Crippen MR) is 97.2 cm³/mol. The zero-order valence-electron chi connectivity index (χ0n) is 14.7. The second-order valence-corrected chi connectivity index (χ2v) is 6.41. The Bertz CT molecular complexity index is 337. The first-order valence-electron chi connectivity index (χ1n) is 9.61. The van der Waals surface area contributed by atoms with E-state index in [1.54, 1.807) is 6.26 Å². The summed E-state index contributed by atoms with van der Waals surface area (Å²) in [4.78, 5) is 0. The average Bonchev–Trinajstić information content (AvgIpc) is 3.04. The van der Waals surface area contributed by atoms with Crippen molar-refractivity contribution in [3.63, 3.8) is 0 Å². The summed E-state index contributed by atoms with van der Waals surface area (Å²) in [6, 6.07) is 4.06. The van der Waals surface area contributed by atoms with Gasteiger partial charge in [0.25, 0.3) is 0 Å². The van der Waals surface area contributed by atoms with Crippen molar-refractivity contribution in [1.29, 1.82) is 0 Å². The third-order valence-electron chi connectivity index (χ3n) is 4.27. The van der Waals surface area contributed by atoms with Crippen LogP contribution in [0.15, 0.2) is 35.0 Å². The summed E-state index contributed by atoms with van der Waals surface area (Å²) in [5.74, 6) is 1.14. The normalized spacial score (nSPS) is 11.5. The molecule has 1 aromatic rings. The van der Waals surface area contributed by atoms with Gasteiger partial charge in [-0.3, -0.25) is 0 Å². The number of unbranched alkanes of at least 4 members (excludes halogenated alkanes) is 11. The molecule has 0 aliphatic carbocycles. The van der Waals surface area contributed by atoms with Crippen molar-refractivity contribution in [2.45, 2.75) is 96.8 Å². The minimum absolute atomic E-state index is 1.11. The lowest BCUT2D eigenvalue weighted by molar-refractivity contribution is 0.491. The molecule has 0 atom stereocenters. The van der Waals surface area contributed by atoms with Gasteiger partial charge in [0.1, 0.15) is 5.76 Å². The highest BCUT2D eigenvalue weighted by Crippen LogP contribution is 2.11. The number of furan rings is 1. The van der Waals surface area contributed by atoms with E-state index >= 15 is 0 Å². The maximum atomic E-state index is 5.35. The number of aryl methyl sites for hydroxylation is 1. The quantitative estimate of drug-likeness (QED) is 0.242. The molecule has 22 heavy (non-hydrogen) atoms. The van der Waals surface area contributed by atoms with Gasteiger partial charge in [0, 0.05) is 6.42 Å². The van der Waals surface area contributed by atoms with E-state index in [9.17, 15) is 0 Å². The van der Waals surface area contributed by atoms with Crippen molar-refractivity contribution >= 4 is 0 Å². The lowest BCUT2D eigenvalue weighted by Crippen LogP contribution is -1.84. The molecule has 0 radical (unpaired) electrons. The molecular formula is C21H36O. The summed E-state index contributed by atoms with van der Waals surface area (Å²) >= 11 is 0. The van der Waals surface area contributed by atoms with Crippen LogP contribution in [-0.4, -0.2) is 0 Å². The first-order valence-corrected chi connectivity index (χ1v) is 9.61. The summed E-state index contributed by atoms with van der Waals surface area (Å²) in [5, 5.41) is 0. The van der Waals surface area contributed by atoms with Crippen LogP contribution < -0.4 is 0 Å². The summed E-state index contributed by atoms with van der Waals surface area (Å²) in [7, 11) is 0.